The Morgan fingerprint density at radius 2 is 1.57 bits per heavy atom. The minimum atomic E-state index is -1.34. The van der Waals surface area contributed by atoms with Crippen molar-refractivity contribution >= 4 is 11.9 Å². The second-order valence-electron chi connectivity index (χ2n) is 6.60. The van der Waals surface area contributed by atoms with E-state index in [1.165, 1.54) is 27.8 Å². The maximum absolute atomic E-state index is 12.5. The molecule has 0 aliphatic carbocycles. The number of carbonyl (C=O) groups is 2. The van der Waals surface area contributed by atoms with Crippen molar-refractivity contribution in [1.82, 2.24) is 10.6 Å². The number of hydrogen-bond acceptors (Lipinski definition) is 3. The smallest absolute Gasteiger partial charge is 0.320 e. The largest absolute Gasteiger partial charge is 0.480 e. The summed E-state index contributed by atoms with van der Waals surface area (Å²) in [5.41, 5.74) is 5.82. The van der Waals surface area contributed by atoms with Crippen molar-refractivity contribution in [3.8, 4) is 0 Å². The van der Waals surface area contributed by atoms with E-state index in [0.717, 1.165) is 5.56 Å². The zero-order valence-corrected chi connectivity index (χ0v) is 14.6. The summed E-state index contributed by atoms with van der Waals surface area (Å²) in [5.74, 6) is -1.45. The number of benzene rings is 1. The molecule has 23 heavy (non-hydrogen) atoms. The van der Waals surface area contributed by atoms with Crippen molar-refractivity contribution in [2.24, 2.45) is 5.41 Å². The maximum atomic E-state index is 12.5. The first-order chi connectivity index (χ1) is 10.7. The van der Waals surface area contributed by atoms with Crippen LogP contribution in [0.1, 0.15) is 39.8 Å². The van der Waals surface area contributed by atoms with Crippen LogP contribution in [0, 0.1) is 40.0 Å². The van der Waals surface area contributed by atoms with E-state index in [-0.39, 0.29) is 6.54 Å². The van der Waals surface area contributed by atoms with Crippen LogP contribution in [0.4, 0.5) is 0 Å². The molecule has 1 heterocycles. The Labute approximate surface area is 137 Å². The van der Waals surface area contributed by atoms with Gasteiger partial charge in [-0.15, -0.1) is 0 Å². The van der Waals surface area contributed by atoms with Crippen molar-refractivity contribution in [1.29, 1.82) is 0 Å². The Kier molecular flexibility index (Phi) is 4.80. The number of aliphatic carboxylic acids is 1. The molecule has 0 bridgehead atoms. The molecule has 0 spiro atoms. The first kappa shape index (κ1) is 17.5. The summed E-state index contributed by atoms with van der Waals surface area (Å²) >= 11 is 0. The third-order valence-electron chi connectivity index (χ3n) is 5.58. The van der Waals surface area contributed by atoms with E-state index in [2.05, 4.69) is 45.3 Å². The van der Waals surface area contributed by atoms with Crippen LogP contribution < -0.4 is 10.6 Å². The van der Waals surface area contributed by atoms with E-state index in [1.54, 1.807) is 0 Å². The average Bonchev–Trinajstić information content (AvgIpc) is 3.02. The van der Waals surface area contributed by atoms with Gasteiger partial charge < -0.3 is 15.7 Å². The van der Waals surface area contributed by atoms with E-state index >= 15 is 0 Å². The van der Waals surface area contributed by atoms with E-state index in [1.807, 2.05) is 0 Å². The highest BCUT2D eigenvalue weighted by atomic mass is 16.4. The van der Waals surface area contributed by atoms with Crippen LogP contribution in [0.3, 0.4) is 0 Å². The second kappa shape index (κ2) is 6.32. The molecule has 1 aromatic carbocycles. The van der Waals surface area contributed by atoms with E-state index in [4.69, 9.17) is 0 Å². The highest BCUT2D eigenvalue weighted by molar-refractivity contribution is 6.02. The molecule has 1 aliphatic heterocycles. The van der Waals surface area contributed by atoms with Gasteiger partial charge in [-0.2, -0.15) is 0 Å². The second-order valence-corrected chi connectivity index (χ2v) is 6.60. The normalized spacial score (nSPS) is 20.6. The molecule has 1 aliphatic rings. The molecular formula is C18H26N2O3. The standard InChI is InChI=1S/C18H26N2O3/c1-10-11(2)13(4)15(14(5)12(10)3)8-20-16(21)18(17(22)23)6-7-19-9-18/h19H,6-9H2,1-5H3,(H,20,21)(H,22,23). The van der Waals surface area contributed by atoms with Crippen LogP contribution in [0.5, 0.6) is 0 Å². The van der Waals surface area contributed by atoms with Crippen molar-refractivity contribution in [3.05, 3.63) is 33.4 Å². The quantitative estimate of drug-likeness (QED) is 0.741. The van der Waals surface area contributed by atoms with Gasteiger partial charge in [-0.1, -0.05) is 0 Å². The monoisotopic (exact) mass is 318 g/mol. The number of amides is 1. The van der Waals surface area contributed by atoms with Gasteiger partial charge in [-0.3, -0.25) is 9.59 Å². The number of rotatable bonds is 4. The minimum Gasteiger partial charge on any atom is -0.480 e. The highest BCUT2D eigenvalue weighted by Gasteiger charge is 2.48. The van der Waals surface area contributed by atoms with Crippen molar-refractivity contribution < 1.29 is 14.7 Å². The van der Waals surface area contributed by atoms with Gasteiger partial charge >= 0.3 is 5.97 Å². The zero-order valence-electron chi connectivity index (χ0n) is 14.6. The molecule has 5 heteroatoms. The molecule has 1 unspecified atom stereocenters. The summed E-state index contributed by atoms with van der Waals surface area (Å²) in [5, 5.41) is 15.3. The Morgan fingerprint density at radius 1 is 1.04 bits per heavy atom. The molecule has 1 amide bonds. The van der Waals surface area contributed by atoms with Crippen LogP contribution in [0.25, 0.3) is 0 Å². The lowest BCUT2D eigenvalue weighted by atomic mass is 9.85. The third kappa shape index (κ3) is 2.85. The van der Waals surface area contributed by atoms with Crippen LogP contribution in [-0.2, 0) is 16.1 Å². The number of carboxylic acid groups (broad SMARTS) is 1. The van der Waals surface area contributed by atoms with Crippen molar-refractivity contribution in [2.75, 3.05) is 13.1 Å². The number of carbonyl (C=O) groups excluding carboxylic acids is 1. The molecule has 1 aromatic rings. The SMILES string of the molecule is Cc1c(C)c(C)c(CNC(=O)C2(C(=O)O)CCNC2)c(C)c1C. The van der Waals surface area contributed by atoms with Gasteiger partial charge in [0, 0.05) is 13.1 Å². The van der Waals surface area contributed by atoms with E-state index < -0.39 is 17.3 Å². The number of hydrogen-bond donors (Lipinski definition) is 3. The molecule has 1 saturated heterocycles. The molecule has 126 valence electrons. The van der Waals surface area contributed by atoms with Gasteiger partial charge in [0.1, 0.15) is 0 Å². The van der Waals surface area contributed by atoms with Crippen LogP contribution >= 0.6 is 0 Å². The summed E-state index contributed by atoms with van der Waals surface area (Å²) in [7, 11) is 0. The summed E-state index contributed by atoms with van der Waals surface area (Å²) < 4.78 is 0. The Bertz CT molecular complexity index is 630. The first-order valence-electron chi connectivity index (χ1n) is 8.00. The minimum absolute atomic E-state index is 0.193. The van der Waals surface area contributed by atoms with Gasteiger partial charge in [-0.25, -0.2) is 0 Å². The molecule has 1 atom stereocenters. The zero-order chi connectivity index (χ0) is 17.4. The fraction of sp³-hybridized carbons (Fsp3) is 0.556. The molecule has 3 N–H and O–H groups in total. The fourth-order valence-electron chi connectivity index (χ4n) is 3.35. The summed E-state index contributed by atoms with van der Waals surface area (Å²) in [6.07, 6.45) is 0.331. The highest BCUT2D eigenvalue weighted by Crippen LogP contribution is 2.28. The Hall–Kier alpha value is -1.88. The lowest BCUT2D eigenvalue weighted by Crippen LogP contribution is -2.47. The van der Waals surface area contributed by atoms with E-state index in [0.29, 0.717) is 19.5 Å². The summed E-state index contributed by atoms with van der Waals surface area (Å²) in [6, 6.07) is 0. The predicted molar refractivity (Wildman–Crippen MR) is 89.5 cm³/mol. The molecule has 5 nitrogen and oxygen atoms in total. The fourth-order valence-corrected chi connectivity index (χ4v) is 3.35. The van der Waals surface area contributed by atoms with Gasteiger partial charge in [0.2, 0.25) is 5.91 Å². The van der Waals surface area contributed by atoms with Gasteiger partial charge in [-0.05, 0) is 81.0 Å². The molecule has 1 fully saturated rings. The Morgan fingerprint density at radius 3 is 2.00 bits per heavy atom. The summed E-state index contributed by atoms with van der Waals surface area (Å²) in [4.78, 5) is 24.1. The van der Waals surface area contributed by atoms with Crippen molar-refractivity contribution in [2.45, 2.75) is 47.6 Å². The number of nitrogens with one attached hydrogen (secondary N) is 2. The van der Waals surface area contributed by atoms with Crippen molar-refractivity contribution in [3.63, 3.8) is 0 Å². The lowest BCUT2D eigenvalue weighted by Gasteiger charge is -2.24. The molecule has 0 radical (unpaired) electrons. The van der Waals surface area contributed by atoms with Crippen LogP contribution in [-0.4, -0.2) is 30.1 Å². The lowest BCUT2D eigenvalue weighted by molar-refractivity contribution is -0.154. The predicted octanol–water partition coefficient (Wildman–Crippen LogP) is 1.91. The van der Waals surface area contributed by atoms with Gasteiger partial charge in [0.05, 0.1) is 0 Å². The number of carboxylic acids is 1. The molecular weight excluding hydrogens is 292 g/mol. The maximum Gasteiger partial charge on any atom is 0.320 e. The van der Waals surface area contributed by atoms with Gasteiger partial charge in [0.25, 0.3) is 0 Å². The first-order valence-corrected chi connectivity index (χ1v) is 8.00. The Balaban J connectivity index is 2.25. The average molecular weight is 318 g/mol. The third-order valence-corrected chi connectivity index (χ3v) is 5.58. The topological polar surface area (TPSA) is 78.4 Å². The van der Waals surface area contributed by atoms with Crippen LogP contribution in [0.2, 0.25) is 0 Å². The van der Waals surface area contributed by atoms with Gasteiger partial charge in [0.15, 0.2) is 5.41 Å². The summed E-state index contributed by atoms with van der Waals surface area (Å²) in [6.45, 7) is 11.5. The molecule has 0 aromatic heterocycles. The van der Waals surface area contributed by atoms with E-state index in [9.17, 15) is 14.7 Å². The van der Waals surface area contributed by atoms with Crippen LogP contribution in [0.15, 0.2) is 0 Å². The molecule has 2 rings (SSSR count). The molecule has 0 saturated carbocycles.